The van der Waals surface area contributed by atoms with E-state index >= 15 is 0 Å². The molecule has 1 atom stereocenters. The average Bonchev–Trinajstić information content (AvgIpc) is 3.22. The predicted molar refractivity (Wildman–Crippen MR) is 98.1 cm³/mol. The maximum absolute atomic E-state index is 12.7. The number of carboxylic acid groups (broad SMARTS) is 1. The lowest BCUT2D eigenvalue weighted by Crippen LogP contribution is -2.50. The molecule has 0 spiro atoms. The highest BCUT2D eigenvalue weighted by molar-refractivity contribution is 5.89. The van der Waals surface area contributed by atoms with Crippen molar-refractivity contribution in [2.45, 2.75) is 50.6 Å². The Morgan fingerprint density at radius 1 is 1.26 bits per heavy atom. The van der Waals surface area contributed by atoms with E-state index in [9.17, 15) is 19.5 Å². The van der Waals surface area contributed by atoms with Gasteiger partial charge in [0.25, 0.3) is 0 Å². The molecule has 3 rings (SSSR count). The van der Waals surface area contributed by atoms with Gasteiger partial charge in [0.15, 0.2) is 0 Å². The van der Waals surface area contributed by atoms with Crippen molar-refractivity contribution in [2.24, 2.45) is 5.92 Å². The van der Waals surface area contributed by atoms with Crippen LogP contribution in [0.5, 0.6) is 5.75 Å². The first-order valence-electron chi connectivity index (χ1n) is 9.35. The molecule has 0 radical (unpaired) electrons. The van der Waals surface area contributed by atoms with Gasteiger partial charge in [-0.2, -0.15) is 0 Å². The van der Waals surface area contributed by atoms with Crippen LogP contribution in [0, 0.1) is 5.92 Å². The minimum atomic E-state index is -0.902. The van der Waals surface area contributed by atoms with Crippen molar-refractivity contribution in [3.05, 3.63) is 29.8 Å². The first kappa shape index (κ1) is 19.2. The van der Waals surface area contributed by atoms with Crippen LogP contribution in [0.3, 0.4) is 0 Å². The number of amides is 2. The summed E-state index contributed by atoms with van der Waals surface area (Å²) in [6.07, 6.45) is 3.31. The molecular weight excluding hydrogens is 348 g/mol. The number of carboxylic acids is 1. The summed E-state index contributed by atoms with van der Waals surface area (Å²) >= 11 is 0. The Kier molecular flexibility index (Phi) is 5.68. The molecule has 7 heteroatoms. The molecule has 1 heterocycles. The third-order valence-electron chi connectivity index (χ3n) is 5.56. The normalized spacial score (nSPS) is 21.3. The van der Waals surface area contributed by atoms with Gasteiger partial charge in [0.05, 0.1) is 25.0 Å². The number of benzene rings is 1. The molecule has 1 aliphatic carbocycles. The van der Waals surface area contributed by atoms with E-state index in [0.717, 1.165) is 24.2 Å². The number of aliphatic carboxylic acids is 1. The quantitative estimate of drug-likeness (QED) is 0.760. The Bertz CT molecular complexity index is 710. The fourth-order valence-corrected chi connectivity index (χ4v) is 4.10. The maximum atomic E-state index is 12.7. The van der Waals surface area contributed by atoms with Crippen LogP contribution in [0.25, 0.3) is 0 Å². The SMILES string of the molecule is COc1ccc(CN2CC(C(=O)NC3(CC(=O)O)CCCC3)CC2=O)cc1. The largest absolute Gasteiger partial charge is 0.497 e. The molecule has 27 heavy (non-hydrogen) atoms. The summed E-state index contributed by atoms with van der Waals surface area (Å²) in [5.41, 5.74) is 0.318. The molecule has 1 aromatic carbocycles. The summed E-state index contributed by atoms with van der Waals surface area (Å²) < 4.78 is 5.13. The second-order valence-corrected chi connectivity index (χ2v) is 7.57. The zero-order valence-electron chi connectivity index (χ0n) is 15.6. The van der Waals surface area contributed by atoms with E-state index in [1.54, 1.807) is 12.0 Å². The summed E-state index contributed by atoms with van der Waals surface area (Å²) in [6.45, 7) is 0.812. The van der Waals surface area contributed by atoms with Gasteiger partial charge < -0.3 is 20.1 Å². The zero-order valence-corrected chi connectivity index (χ0v) is 15.6. The molecule has 1 aromatic rings. The Morgan fingerprint density at radius 2 is 1.93 bits per heavy atom. The lowest BCUT2D eigenvalue weighted by Gasteiger charge is -2.30. The summed E-state index contributed by atoms with van der Waals surface area (Å²) in [4.78, 5) is 37.9. The Hall–Kier alpha value is -2.57. The van der Waals surface area contributed by atoms with E-state index < -0.39 is 17.4 Å². The van der Waals surface area contributed by atoms with Gasteiger partial charge in [-0.15, -0.1) is 0 Å². The average molecular weight is 374 g/mol. The minimum absolute atomic E-state index is 0.0512. The van der Waals surface area contributed by atoms with Gasteiger partial charge >= 0.3 is 5.97 Å². The maximum Gasteiger partial charge on any atom is 0.305 e. The number of carbonyl (C=O) groups is 3. The standard InChI is InChI=1S/C20H26N2O5/c1-27-16-6-4-14(5-7-16)12-22-13-15(10-17(22)23)19(26)21-20(11-18(24)25)8-2-3-9-20/h4-7,15H,2-3,8-13H2,1H3,(H,21,26)(H,24,25). The smallest absolute Gasteiger partial charge is 0.305 e. The van der Waals surface area contributed by atoms with Crippen LogP contribution in [0.2, 0.25) is 0 Å². The van der Waals surface area contributed by atoms with Gasteiger partial charge in [-0.3, -0.25) is 14.4 Å². The van der Waals surface area contributed by atoms with Crippen molar-refractivity contribution in [3.8, 4) is 5.75 Å². The van der Waals surface area contributed by atoms with Crippen LogP contribution in [-0.2, 0) is 20.9 Å². The second kappa shape index (κ2) is 7.98. The van der Waals surface area contributed by atoms with Crippen LogP contribution in [0.4, 0.5) is 0 Å². The fourth-order valence-electron chi connectivity index (χ4n) is 4.10. The first-order chi connectivity index (χ1) is 12.9. The van der Waals surface area contributed by atoms with Crippen LogP contribution < -0.4 is 10.1 Å². The number of methoxy groups -OCH3 is 1. The van der Waals surface area contributed by atoms with Gasteiger partial charge in [-0.05, 0) is 30.5 Å². The van der Waals surface area contributed by atoms with Gasteiger partial charge in [-0.1, -0.05) is 25.0 Å². The lowest BCUT2D eigenvalue weighted by atomic mass is 9.92. The number of rotatable bonds is 7. The van der Waals surface area contributed by atoms with Crippen molar-refractivity contribution < 1.29 is 24.2 Å². The van der Waals surface area contributed by atoms with Crippen LogP contribution in [0.1, 0.15) is 44.1 Å². The number of hydrogen-bond acceptors (Lipinski definition) is 4. The number of ether oxygens (including phenoxy) is 1. The number of likely N-dealkylation sites (tertiary alicyclic amines) is 1. The summed E-state index contributed by atoms with van der Waals surface area (Å²) in [5.74, 6) is -0.833. The third kappa shape index (κ3) is 4.59. The molecule has 7 nitrogen and oxygen atoms in total. The minimum Gasteiger partial charge on any atom is -0.497 e. The Morgan fingerprint density at radius 3 is 2.52 bits per heavy atom. The fraction of sp³-hybridized carbons (Fsp3) is 0.550. The lowest BCUT2D eigenvalue weighted by molar-refractivity contribution is -0.139. The van der Waals surface area contributed by atoms with Crippen molar-refractivity contribution in [3.63, 3.8) is 0 Å². The Labute approximate surface area is 158 Å². The van der Waals surface area contributed by atoms with Crippen molar-refractivity contribution in [1.29, 1.82) is 0 Å². The number of hydrogen-bond donors (Lipinski definition) is 2. The highest BCUT2D eigenvalue weighted by atomic mass is 16.5. The molecule has 0 bridgehead atoms. The predicted octanol–water partition coefficient (Wildman–Crippen LogP) is 1.95. The van der Waals surface area contributed by atoms with Crippen molar-refractivity contribution >= 4 is 17.8 Å². The summed E-state index contributed by atoms with van der Waals surface area (Å²) in [7, 11) is 1.60. The number of carbonyl (C=O) groups excluding carboxylic acids is 2. The van der Waals surface area contributed by atoms with Gasteiger partial charge in [-0.25, -0.2) is 0 Å². The van der Waals surface area contributed by atoms with E-state index in [0.29, 0.717) is 25.9 Å². The topological polar surface area (TPSA) is 95.9 Å². The molecule has 2 fully saturated rings. The molecule has 2 aliphatic rings. The van der Waals surface area contributed by atoms with Crippen LogP contribution in [-0.4, -0.2) is 47.0 Å². The molecule has 1 aliphatic heterocycles. The van der Waals surface area contributed by atoms with E-state index in [1.165, 1.54) is 0 Å². The highest BCUT2D eigenvalue weighted by Crippen LogP contribution is 2.33. The molecule has 146 valence electrons. The highest BCUT2D eigenvalue weighted by Gasteiger charge is 2.41. The molecule has 1 unspecified atom stereocenters. The van der Waals surface area contributed by atoms with Gasteiger partial charge in [0.1, 0.15) is 5.75 Å². The molecule has 1 saturated heterocycles. The zero-order chi connectivity index (χ0) is 19.4. The second-order valence-electron chi connectivity index (χ2n) is 7.57. The van der Waals surface area contributed by atoms with Crippen LogP contribution >= 0.6 is 0 Å². The molecular formula is C20H26N2O5. The van der Waals surface area contributed by atoms with E-state index in [2.05, 4.69) is 5.32 Å². The third-order valence-corrected chi connectivity index (χ3v) is 5.56. The van der Waals surface area contributed by atoms with E-state index in [1.807, 2.05) is 24.3 Å². The number of nitrogens with one attached hydrogen (secondary N) is 1. The summed E-state index contributed by atoms with van der Waals surface area (Å²) in [5, 5.41) is 12.2. The van der Waals surface area contributed by atoms with Gasteiger partial charge in [0, 0.05) is 19.5 Å². The van der Waals surface area contributed by atoms with Gasteiger partial charge in [0.2, 0.25) is 11.8 Å². The van der Waals surface area contributed by atoms with E-state index in [4.69, 9.17) is 4.74 Å². The summed E-state index contributed by atoms with van der Waals surface area (Å²) in [6, 6.07) is 7.49. The van der Waals surface area contributed by atoms with Crippen LogP contribution in [0.15, 0.2) is 24.3 Å². The Balaban J connectivity index is 1.60. The van der Waals surface area contributed by atoms with E-state index in [-0.39, 0.29) is 24.7 Å². The molecule has 0 aromatic heterocycles. The van der Waals surface area contributed by atoms with Crippen molar-refractivity contribution in [2.75, 3.05) is 13.7 Å². The van der Waals surface area contributed by atoms with Crippen molar-refractivity contribution in [1.82, 2.24) is 10.2 Å². The molecule has 2 N–H and O–H groups in total. The molecule has 1 saturated carbocycles. The first-order valence-corrected chi connectivity index (χ1v) is 9.35. The number of nitrogens with zero attached hydrogens (tertiary/aromatic N) is 1. The monoisotopic (exact) mass is 374 g/mol. The molecule has 2 amide bonds.